The summed E-state index contributed by atoms with van der Waals surface area (Å²) in [5, 5.41) is 50.2. The minimum absolute atomic E-state index is 0.00644. The summed E-state index contributed by atoms with van der Waals surface area (Å²) in [7, 11) is 0. The van der Waals surface area contributed by atoms with Crippen LogP contribution in [0, 0.1) is 12.3 Å². The summed E-state index contributed by atoms with van der Waals surface area (Å²) in [6.45, 7) is 1.79. The van der Waals surface area contributed by atoms with Crippen molar-refractivity contribution in [3.63, 3.8) is 0 Å². The van der Waals surface area contributed by atoms with Gasteiger partial charge in [0.1, 0.15) is 23.0 Å². The van der Waals surface area contributed by atoms with Gasteiger partial charge in [0.15, 0.2) is 0 Å². The van der Waals surface area contributed by atoms with Crippen LogP contribution in [-0.4, -0.2) is 26.1 Å². The molecule has 5 N–H and O–H groups in total. The van der Waals surface area contributed by atoms with Gasteiger partial charge in [0, 0.05) is 22.1 Å². The second kappa shape index (κ2) is 4.16. The van der Waals surface area contributed by atoms with Crippen LogP contribution in [-0.2, 0) is 0 Å². The van der Waals surface area contributed by atoms with Crippen LogP contribution >= 0.6 is 0 Å². The number of nitrogens with one attached hydrogen (secondary N) is 1. The maximum absolute atomic E-state index is 10.6. The Morgan fingerprint density at radius 3 is 2.30 bits per heavy atom. The largest absolute Gasteiger partial charge is 0.507 e. The maximum Gasteiger partial charge on any atom is 0.137 e. The Morgan fingerprint density at radius 2 is 1.57 bits per heavy atom. The van der Waals surface area contributed by atoms with E-state index < -0.39 is 0 Å². The van der Waals surface area contributed by atoms with Crippen LogP contribution in [0.15, 0.2) is 30.3 Å². The monoisotopic (exact) mass is 307 g/mol. The van der Waals surface area contributed by atoms with Crippen molar-refractivity contribution in [3.8, 4) is 34.1 Å². The van der Waals surface area contributed by atoms with Crippen molar-refractivity contribution in [2.75, 3.05) is 0 Å². The highest BCUT2D eigenvalue weighted by Crippen LogP contribution is 2.54. The molecule has 114 valence electrons. The highest BCUT2D eigenvalue weighted by molar-refractivity contribution is 6.29. The van der Waals surface area contributed by atoms with E-state index in [0.717, 1.165) is 5.56 Å². The lowest BCUT2D eigenvalue weighted by atomic mass is 9.96. The molecule has 0 bridgehead atoms. The molecule has 5 nitrogen and oxygen atoms in total. The molecule has 3 aromatic rings. The third kappa shape index (κ3) is 1.53. The van der Waals surface area contributed by atoms with Crippen molar-refractivity contribution in [2.45, 2.75) is 6.92 Å². The molecule has 1 aliphatic rings. The van der Waals surface area contributed by atoms with Crippen molar-refractivity contribution in [3.05, 3.63) is 47.0 Å². The number of hydrogen-bond acceptors (Lipinski definition) is 5. The molecule has 1 aliphatic carbocycles. The molecule has 0 atom stereocenters. The van der Waals surface area contributed by atoms with Crippen LogP contribution in [0.1, 0.15) is 16.7 Å². The van der Waals surface area contributed by atoms with E-state index in [0.29, 0.717) is 11.1 Å². The van der Waals surface area contributed by atoms with Gasteiger partial charge in [-0.05, 0) is 30.7 Å². The SMILES string of the molecule is Cc1cc(O)c2c(c1)C(=N)c1c-2c(O)c2cccc(O)c2c1O. The van der Waals surface area contributed by atoms with Crippen LogP contribution < -0.4 is 0 Å². The van der Waals surface area contributed by atoms with E-state index in [4.69, 9.17) is 5.41 Å². The van der Waals surface area contributed by atoms with Crippen LogP contribution in [0.2, 0.25) is 0 Å². The molecule has 0 saturated heterocycles. The van der Waals surface area contributed by atoms with Gasteiger partial charge in [0.2, 0.25) is 0 Å². The molecule has 5 heteroatoms. The predicted octanol–water partition coefficient (Wildman–Crippen LogP) is 3.37. The number of fused-ring (bicyclic) bond motifs is 4. The topological polar surface area (TPSA) is 105 Å². The third-order valence-corrected chi connectivity index (χ3v) is 4.29. The Bertz CT molecular complexity index is 1040. The second-order valence-corrected chi connectivity index (χ2v) is 5.73. The first kappa shape index (κ1) is 13.5. The van der Waals surface area contributed by atoms with E-state index in [-0.39, 0.29) is 50.6 Å². The number of hydrogen-bond donors (Lipinski definition) is 5. The molecule has 0 aliphatic heterocycles. The maximum atomic E-state index is 10.6. The number of phenolic OH excluding ortho intramolecular Hbond substituents is 4. The quantitative estimate of drug-likeness (QED) is 0.321. The molecule has 0 heterocycles. The number of aromatic hydroxyl groups is 4. The minimum atomic E-state index is -0.274. The molecule has 0 amide bonds. The van der Waals surface area contributed by atoms with Crippen molar-refractivity contribution >= 4 is 16.5 Å². The van der Waals surface area contributed by atoms with Gasteiger partial charge in [-0.1, -0.05) is 12.1 Å². The molecule has 0 spiro atoms. The summed E-state index contributed by atoms with van der Waals surface area (Å²) in [5.41, 5.74) is 1.88. The molecular weight excluding hydrogens is 294 g/mol. The van der Waals surface area contributed by atoms with Crippen LogP contribution in [0.4, 0.5) is 0 Å². The van der Waals surface area contributed by atoms with Crippen molar-refractivity contribution in [2.24, 2.45) is 0 Å². The highest BCUT2D eigenvalue weighted by Gasteiger charge is 2.34. The van der Waals surface area contributed by atoms with Gasteiger partial charge in [0.25, 0.3) is 0 Å². The standard InChI is InChI=1S/C18H13NO4/c1-7-5-9-12(11(21)6-7)14-15(16(9)19)18(23)13-8(17(14)22)3-2-4-10(13)20/h2-6,19-23H,1H3. The second-order valence-electron chi connectivity index (χ2n) is 5.73. The zero-order valence-corrected chi connectivity index (χ0v) is 12.2. The molecule has 0 fully saturated rings. The third-order valence-electron chi connectivity index (χ3n) is 4.29. The molecule has 4 rings (SSSR count). The van der Waals surface area contributed by atoms with Crippen LogP contribution in [0.5, 0.6) is 23.0 Å². The first-order valence-electron chi connectivity index (χ1n) is 7.04. The molecule has 3 aromatic carbocycles. The first-order chi connectivity index (χ1) is 10.9. The van der Waals surface area contributed by atoms with E-state index in [1.54, 1.807) is 31.2 Å². The van der Waals surface area contributed by atoms with Crippen molar-refractivity contribution in [1.82, 2.24) is 0 Å². The van der Waals surface area contributed by atoms with E-state index in [1.807, 2.05) is 0 Å². The van der Waals surface area contributed by atoms with Gasteiger partial charge in [0.05, 0.1) is 16.7 Å². The number of phenols is 4. The molecule has 0 unspecified atom stereocenters. The molecule has 0 saturated carbocycles. The number of rotatable bonds is 0. The Balaban J connectivity index is 2.26. The normalized spacial score (nSPS) is 12.5. The summed E-state index contributed by atoms with van der Waals surface area (Å²) < 4.78 is 0. The summed E-state index contributed by atoms with van der Waals surface area (Å²) in [6, 6.07) is 7.79. The summed E-state index contributed by atoms with van der Waals surface area (Å²) in [5.74, 6) is -0.685. The fourth-order valence-corrected chi connectivity index (χ4v) is 3.33. The van der Waals surface area contributed by atoms with Gasteiger partial charge in [-0.25, -0.2) is 0 Å². The number of benzene rings is 3. The van der Waals surface area contributed by atoms with Crippen LogP contribution in [0.25, 0.3) is 21.9 Å². The van der Waals surface area contributed by atoms with Gasteiger partial charge < -0.3 is 20.4 Å². The van der Waals surface area contributed by atoms with Gasteiger partial charge in [-0.2, -0.15) is 0 Å². The zero-order valence-electron chi connectivity index (χ0n) is 12.2. The smallest absolute Gasteiger partial charge is 0.137 e. The summed E-state index contributed by atoms with van der Waals surface area (Å²) in [6.07, 6.45) is 0. The molecule has 0 radical (unpaired) electrons. The zero-order chi connectivity index (χ0) is 16.5. The lowest BCUT2D eigenvalue weighted by Gasteiger charge is -2.12. The summed E-state index contributed by atoms with van der Waals surface area (Å²) in [4.78, 5) is 0. The Morgan fingerprint density at radius 1 is 0.826 bits per heavy atom. The van der Waals surface area contributed by atoms with E-state index in [9.17, 15) is 20.4 Å². The Labute approximate surface area is 131 Å². The molecular formula is C18H13NO4. The first-order valence-corrected chi connectivity index (χ1v) is 7.04. The predicted molar refractivity (Wildman–Crippen MR) is 86.7 cm³/mol. The molecule has 23 heavy (non-hydrogen) atoms. The lowest BCUT2D eigenvalue weighted by molar-refractivity contribution is 0.457. The Hall–Kier alpha value is -3.21. The van der Waals surface area contributed by atoms with E-state index in [2.05, 4.69) is 0 Å². The van der Waals surface area contributed by atoms with E-state index >= 15 is 0 Å². The average molecular weight is 307 g/mol. The van der Waals surface area contributed by atoms with Crippen molar-refractivity contribution in [1.29, 1.82) is 5.41 Å². The van der Waals surface area contributed by atoms with Gasteiger partial charge in [-0.3, -0.25) is 5.41 Å². The summed E-state index contributed by atoms with van der Waals surface area (Å²) >= 11 is 0. The fraction of sp³-hybridized carbons (Fsp3) is 0.0556. The van der Waals surface area contributed by atoms with Crippen molar-refractivity contribution < 1.29 is 20.4 Å². The van der Waals surface area contributed by atoms with Crippen LogP contribution in [0.3, 0.4) is 0 Å². The highest BCUT2D eigenvalue weighted by atomic mass is 16.3. The number of aryl methyl sites for hydroxylation is 1. The Kier molecular flexibility index (Phi) is 2.44. The average Bonchev–Trinajstić information content (AvgIpc) is 2.79. The van der Waals surface area contributed by atoms with E-state index in [1.165, 1.54) is 6.07 Å². The fourth-order valence-electron chi connectivity index (χ4n) is 3.33. The lowest BCUT2D eigenvalue weighted by Crippen LogP contribution is -1.97. The minimum Gasteiger partial charge on any atom is -0.507 e. The molecule has 0 aromatic heterocycles. The van der Waals surface area contributed by atoms with Gasteiger partial charge >= 0.3 is 0 Å². The van der Waals surface area contributed by atoms with Gasteiger partial charge in [-0.15, -0.1) is 0 Å².